The molecular weight excluding hydrogens is 304 g/mol. The molecule has 0 radical (unpaired) electrons. The lowest BCUT2D eigenvalue weighted by atomic mass is 10.1. The van der Waals surface area contributed by atoms with Crippen LogP contribution in [-0.2, 0) is 4.79 Å². The highest BCUT2D eigenvalue weighted by Gasteiger charge is 2.06. The van der Waals surface area contributed by atoms with E-state index in [1.807, 2.05) is 25.2 Å². The summed E-state index contributed by atoms with van der Waals surface area (Å²) in [5.41, 5.74) is 0. The number of aliphatic hydroxyl groups excluding tert-OH is 2. The van der Waals surface area contributed by atoms with E-state index in [0.29, 0.717) is 6.42 Å². The maximum Gasteiger partial charge on any atom is 0.305 e. The number of carbonyl (C=O) groups is 1. The number of rotatable bonds is 14. The second-order valence-corrected chi connectivity index (χ2v) is 5.72. The summed E-state index contributed by atoms with van der Waals surface area (Å²) in [6.07, 6.45) is 20.7. The quantitative estimate of drug-likeness (QED) is 0.416. The van der Waals surface area contributed by atoms with Crippen LogP contribution in [-0.4, -0.2) is 33.5 Å². The van der Waals surface area contributed by atoms with Crippen molar-refractivity contribution in [2.24, 2.45) is 0 Å². The number of hydrogen-bond donors (Lipinski definition) is 3. The van der Waals surface area contributed by atoms with E-state index in [0.717, 1.165) is 38.5 Å². The fraction of sp³-hybridized carbons (Fsp3) is 0.550. The van der Waals surface area contributed by atoms with Crippen molar-refractivity contribution in [1.29, 1.82) is 0 Å². The summed E-state index contributed by atoms with van der Waals surface area (Å²) in [6, 6.07) is 0. The summed E-state index contributed by atoms with van der Waals surface area (Å²) >= 11 is 0. The predicted molar refractivity (Wildman–Crippen MR) is 98.8 cm³/mol. The predicted octanol–water partition coefficient (Wildman–Crippen LogP) is 4.16. The van der Waals surface area contributed by atoms with Gasteiger partial charge in [-0.3, -0.25) is 4.79 Å². The summed E-state index contributed by atoms with van der Waals surface area (Å²) in [5, 5.41) is 27.3. The summed E-state index contributed by atoms with van der Waals surface area (Å²) in [6.45, 7) is 1.99. The van der Waals surface area contributed by atoms with Gasteiger partial charge < -0.3 is 15.3 Å². The topological polar surface area (TPSA) is 77.8 Å². The fourth-order valence-corrected chi connectivity index (χ4v) is 1.96. The first-order valence-electron chi connectivity index (χ1n) is 8.74. The maximum absolute atomic E-state index is 10.4. The van der Waals surface area contributed by atoms with Gasteiger partial charge in [-0.25, -0.2) is 0 Å². The molecule has 136 valence electrons. The van der Waals surface area contributed by atoms with Crippen molar-refractivity contribution >= 4 is 5.97 Å². The number of aliphatic carboxylic acids is 1. The zero-order valence-electron chi connectivity index (χ0n) is 14.7. The molecule has 2 atom stereocenters. The molecule has 0 bridgehead atoms. The van der Waals surface area contributed by atoms with Crippen LogP contribution in [0.3, 0.4) is 0 Å². The lowest BCUT2D eigenvalue weighted by molar-refractivity contribution is -0.139. The van der Waals surface area contributed by atoms with Gasteiger partial charge in [-0.15, -0.1) is 0 Å². The van der Waals surface area contributed by atoms with Crippen molar-refractivity contribution in [3.05, 3.63) is 48.6 Å². The molecule has 0 aliphatic carbocycles. The summed E-state index contributed by atoms with van der Waals surface area (Å²) < 4.78 is 0. The highest BCUT2D eigenvalue weighted by atomic mass is 16.4. The number of aliphatic hydroxyl groups is 2. The Labute approximate surface area is 145 Å². The lowest BCUT2D eigenvalue weighted by Crippen LogP contribution is -2.11. The molecule has 24 heavy (non-hydrogen) atoms. The second-order valence-electron chi connectivity index (χ2n) is 5.72. The number of hydrogen-bond acceptors (Lipinski definition) is 3. The van der Waals surface area contributed by atoms with Crippen LogP contribution in [0.15, 0.2) is 48.6 Å². The largest absolute Gasteiger partial charge is 0.481 e. The highest BCUT2D eigenvalue weighted by Crippen LogP contribution is 2.03. The third-order valence-corrected chi connectivity index (χ3v) is 3.44. The minimum atomic E-state index is -0.976. The van der Waals surface area contributed by atoms with Crippen molar-refractivity contribution in [1.82, 2.24) is 0 Å². The number of allylic oxidation sites excluding steroid dienone is 7. The van der Waals surface area contributed by atoms with Gasteiger partial charge in [-0.1, -0.05) is 55.5 Å². The van der Waals surface area contributed by atoms with Crippen molar-refractivity contribution in [2.45, 2.75) is 70.5 Å². The molecule has 0 aromatic heterocycles. The molecule has 0 aromatic carbocycles. The molecule has 2 unspecified atom stereocenters. The van der Waals surface area contributed by atoms with Gasteiger partial charge in [0.25, 0.3) is 0 Å². The van der Waals surface area contributed by atoms with Gasteiger partial charge in [0.2, 0.25) is 0 Å². The van der Waals surface area contributed by atoms with E-state index >= 15 is 0 Å². The molecule has 0 heterocycles. The van der Waals surface area contributed by atoms with Gasteiger partial charge in [0.05, 0.1) is 18.6 Å². The Kier molecular flexibility index (Phi) is 15.1. The van der Waals surface area contributed by atoms with Gasteiger partial charge in [-0.2, -0.15) is 0 Å². The molecule has 0 rings (SSSR count). The van der Waals surface area contributed by atoms with E-state index in [1.54, 1.807) is 0 Å². The molecule has 0 amide bonds. The number of carboxylic acid groups (broad SMARTS) is 1. The highest BCUT2D eigenvalue weighted by molar-refractivity contribution is 5.67. The normalized spacial score (nSPS) is 15.1. The Morgan fingerprint density at radius 1 is 0.833 bits per heavy atom. The molecule has 0 saturated heterocycles. The zero-order chi connectivity index (χ0) is 18.0. The van der Waals surface area contributed by atoms with Crippen LogP contribution in [0.5, 0.6) is 0 Å². The zero-order valence-corrected chi connectivity index (χ0v) is 14.7. The minimum absolute atomic E-state index is 0.176. The average Bonchev–Trinajstić information content (AvgIpc) is 2.54. The van der Waals surface area contributed by atoms with E-state index in [9.17, 15) is 15.0 Å². The number of carboxylic acids is 1. The Bertz CT molecular complexity index is 421. The first kappa shape index (κ1) is 22.4. The van der Waals surface area contributed by atoms with Gasteiger partial charge in [0.15, 0.2) is 0 Å². The standard InChI is InChI=1S/C20H32O4/c1-2-18(21)15-13-11-9-7-5-3-4-6-8-10-12-14-16-19(22)17-20(23)24/h3,5-6,8-9,11-12,14,18-19,21-22H,2,4,7,10,13,15-17H2,1H3,(H,23,24)/b5-3-,8-6-,11-9-,14-12-. The monoisotopic (exact) mass is 336 g/mol. The third kappa shape index (κ3) is 16.7. The summed E-state index contributed by atoms with van der Waals surface area (Å²) in [5.74, 6) is -0.976. The first-order chi connectivity index (χ1) is 11.6. The van der Waals surface area contributed by atoms with Crippen molar-refractivity contribution in [3.63, 3.8) is 0 Å². The van der Waals surface area contributed by atoms with E-state index in [4.69, 9.17) is 5.11 Å². The fourth-order valence-electron chi connectivity index (χ4n) is 1.96. The Hall–Kier alpha value is -1.65. The van der Waals surface area contributed by atoms with E-state index in [-0.39, 0.29) is 12.5 Å². The van der Waals surface area contributed by atoms with Crippen LogP contribution in [0, 0.1) is 0 Å². The molecule has 0 aromatic rings. The smallest absolute Gasteiger partial charge is 0.305 e. The first-order valence-corrected chi connectivity index (χ1v) is 8.74. The van der Waals surface area contributed by atoms with E-state index in [2.05, 4.69) is 30.4 Å². The molecule has 0 aliphatic heterocycles. The van der Waals surface area contributed by atoms with Crippen LogP contribution in [0.2, 0.25) is 0 Å². The molecule has 4 nitrogen and oxygen atoms in total. The van der Waals surface area contributed by atoms with Gasteiger partial charge in [0.1, 0.15) is 0 Å². The third-order valence-electron chi connectivity index (χ3n) is 3.44. The molecular formula is C20H32O4. The van der Waals surface area contributed by atoms with Gasteiger partial charge in [-0.05, 0) is 44.9 Å². The Balaban J connectivity index is 3.57. The Morgan fingerprint density at radius 2 is 1.33 bits per heavy atom. The molecule has 0 fully saturated rings. The van der Waals surface area contributed by atoms with Gasteiger partial charge >= 0.3 is 5.97 Å². The van der Waals surface area contributed by atoms with Crippen molar-refractivity contribution < 1.29 is 20.1 Å². The molecule has 0 saturated carbocycles. The minimum Gasteiger partial charge on any atom is -0.481 e. The van der Waals surface area contributed by atoms with Crippen LogP contribution < -0.4 is 0 Å². The van der Waals surface area contributed by atoms with E-state index in [1.165, 1.54) is 0 Å². The van der Waals surface area contributed by atoms with Crippen molar-refractivity contribution in [3.8, 4) is 0 Å². The summed E-state index contributed by atoms with van der Waals surface area (Å²) in [4.78, 5) is 10.4. The van der Waals surface area contributed by atoms with Crippen molar-refractivity contribution in [2.75, 3.05) is 0 Å². The van der Waals surface area contributed by atoms with Crippen LogP contribution in [0.1, 0.15) is 58.3 Å². The van der Waals surface area contributed by atoms with E-state index < -0.39 is 12.1 Å². The van der Waals surface area contributed by atoms with Gasteiger partial charge in [0, 0.05) is 0 Å². The molecule has 4 heteroatoms. The second kappa shape index (κ2) is 16.2. The lowest BCUT2D eigenvalue weighted by Gasteiger charge is -2.03. The summed E-state index contributed by atoms with van der Waals surface area (Å²) in [7, 11) is 0. The average molecular weight is 336 g/mol. The SMILES string of the molecule is CCC(O)CC/C=C\C/C=C\C/C=C\C/C=C\CC(O)CC(=O)O. The molecule has 0 aliphatic rings. The Morgan fingerprint density at radius 3 is 1.83 bits per heavy atom. The van der Waals surface area contributed by atoms with Crippen LogP contribution >= 0.6 is 0 Å². The van der Waals surface area contributed by atoms with Crippen LogP contribution in [0.4, 0.5) is 0 Å². The maximum atomic E-state index is 10.4. The van der Waals surface area contributed by atoms with Crippen LogP contribution in [0.25, 0.3) is 0 Å². The molecule has 0 spiro atoms. The molecule has 3 N–H and O–H groups in total.